The van der Waals surface area contributed by atoms with Crippen molar-refractivity contribution in [1.82, 2.24) is 0 Å². The van der Waals surface area contributed by atoms with E-state index in [1.807, 2.05) is 0 Å². The molecular formula is C14H25Br. The molecule has 3 atom stereocenters. The van der Waals surface area contributed by atoms with Crippen molar-refractivity contribution in [3.8, 4) is 0 Å². The van der Waals surface area contributed by atoms with Gasteiger partial charge in [0.15, 0.2) is 0 Å². The van der Waals surface area contributed by atoms with Crippen molar-refractivity contribution < 1.29 is 0 Å². The van der Waals surface area contributed by atoms with Crippen LogP contribution in [0.3, 0.4) is 0 Å². The number of rotatable bonds is 5. The second-order valence-electron chi connectivity index (χ2n) is 5.98. The van der Waals surface area contributed by atoms with Crippen molar-refractivity contribution >= 4 is 15.9 Å². The van der Waals surface area contributed by atoms with E-state index in [-0.39, 0.29) is 0 Å². The van der Waals surface area contributed by atoms with Gasteiger partial charge in [-0.05, 0) is 61.7 Å². The summed E-state index contributed by atoms with van der Waals surface area (Å²) in [6.45, 7) is 4.75. The Morgan fingerprint density at radius 1 is 1.13 bits per heavy atom. The molecule has 1 heteroatoms. The number of halogens is 1. The Labute approximate surface area is 103 Å². The van der Waals surface area contributed by atoms with Crippen LogP contribution in [0.2, 0.25) is 0 Å². The molecule has 0 heterocycles. The molecule has 2 bridgehead atoms. The van der Waals surface area contributed by atoms with Crippen molar-refractivity contribution in [2.45, 2.75) is 58.8 Å². The maximum absolute atomic E-state index is 3.75. The largest absolute Gasteiger partial charge is 0.0922 e. The molecule has 0 nitrogen and oxygen atoms in total. The molecule has 2 aliphatic carbocycles. The van der Waals surface area contributed by atoms with Gasteiger partial charge in [0, 0.05) is 5.33 Å². The highest BCUT2D eigenvalue weighted by Crippen LogP contribution is 2.53. The highest BCUT2D eigenvalue weighted by atomic mass is 79.9. The van der Waals surface area contributed by atoms with Crippen LogP contribution in [0.1, 0.15) is 58.8 Å². The molecule has 88 valence electrons. The first-order valence-electron chi connectivity index (χ1n) is 6.79. The van der Waals surface area contributed by atoms with Crippen molar-refractivity contribution in [3.05, 3.63) is 0 Å². The third kappa shape index (κ3) is 2.28. The molecule has 0 aromatic carbocycles. The van der Waals surface area contributed by atoms with Gasteiger partial charge in [-0.25, -0.2) is 0 Å². The van der Waals surface area contributed by atoms with Gasteiger partial charge < -0.3 is 0 Å². The van der Waals surface area contributed by atoms with Crippen LogP contribution in [-0.2, 0) is 0 Å². The summed E-state index contributed by atoms with van der Waals surface area (Å²) in [5.41, 5.74) is 0.606. The fourth-order valence-electron chi connectivity index (χ4n) is 3.96. The standard InChI is InChI=1S/C14H25Br/c1-3-14(4-2,10-15)9-13-8-11-5-6-12(13)7-11/h11-13H,3-10H2,1-2H3. The maximum atomic E-state index is 3.75. The first-order chi connectivity index (χ1) is 7.23. The van der Waals surface area contributed by atoms with Crippen LogP contribution in [0.25, 0.3) is 0 Å². The predicted molar refractivity (Wildman–Crippen MR) is 70.4 cm³/mol. The highest BCUT2D eigenvalue weighted by molar-refractivity contribution is 9.09. The third-order valence-electron chi connectivity index (χ3n) is 5.36. The summed E-state index contributed by atoms with van der Waals surface area (Å²) in [5, 5.41) is 1.21. The van der Waals surface area contributed by atoms with E-state index in [1.165, 1.54) is 24.6 Å². The van der Waals surface area contributed by atoms with Crippen molar-refractivity contribution in [2.75, 3.05) is 5.33 Å². The normalized spacial score (nSPS) is 35.0. The van der Waals surface area contributed by atoms with Gasteiger partial charge in [-0.1, -0.05) is 36.2 Å². The van der Waals surface area contributed by atoms with Crippen LogP contribution in [0, 0.1) is 23.2 Å². The van der Waals surface area contributed by atoms with Gasteiger partial charge in [-0.15, -0.1) is 0 Å². The molecule has 3 unspecified atom stereocenters. The Balaban J connectivity index is 1.95. The van der Waals surface area contributed by atoms with Gasteiger partial charge in [0.05, 0.1) is 0 Å². The van der Waals surface area contributed by atoms with Crippen molar-refractivity contribution in [1.29, 1.82) is 0 Å². The van der Waals surface area contributed by atoms with E-state index in [2.05, 4.69) is 29.8 Å². The van der Waals surface area contributed by atoms with Crippen LogP contribution >= 0.6 is 15.9 Å². The summed E-state index contributed by atoms with van der Waals surface area (Å²) in [6.07, 6.45) is 10.4. The smallest absolute Gasteiger partial charge is 0.00878 e. The number of hydrogen-bond donors (Lipinski definition) is 0. The SMILES string of the molecule is CCC(CC)(CBr)CC1CC2CCC1C2. The maximum Gasteiger partial charge on any atom is 0.00878 e. The topological polar surface area (TPSA) is 0 Å². The molecule has 0 amide bonds. The first-order valence-corrected chi connectivity index (χ1v) is 7.91. The zero-order valence-electron chi connectivity index (χ0n) is 10.3. The quantitative estimate of drug-likeness (QED) is 0.617. The molecule has 0 radical (unpaired) electrons. The zero-order chi connectivity index (χ0) is 10.9. The third-order valence-corrected chi connectivity index (χ3v) is 6.55. The zero-order valence-corrected chi connectivity index (χ0v) is 11.9. The minimum Gasteiger partial charge on any atom is -0.0922 e. The van der Waals surface area contributed by atoms with E-state index >= 15 is 0 Å². The molecule has 0 aromatic heterocycles. The lowest BCUT2D eigenvalue weighted by Crippen LogP contribution is -2.27. The van der Waals surface area contributed by atoms with Crippen LogP contribution in [0.4, 0.5) is 0 Å². The fraction of sp³-hybridized carbons (Fsp3) is 1.00. The van der Waals surface area contributed by atoms with Gasteiger partial charge >= 0.3 is 0 Å². The van der Waals surface area contributed by atoms with Crippen LogP contribution in [0.15, 0.2) is 0 Å². The Morgan fingerprint density at radius 3 is 2.27 bits per heavy atom. The minimum atomic E-state index is 0.606. The Morgan fingerprint density at radius 2 is 1.87 bits per heavy atom. The molecule has 0 spiro atoms. The first kappa shape index (κ1) is 12.0. The van der Waals surface area contributed by atoms with E-state index in [0.29, 0.717) is 5.41 Å². The molecule has 2 fully saturated rings. The molecule has 0 aliphatic heterocycles. The lowest BCUT2D eigenvalue weighted by atomic mass is 9.72. The van der Waals surface area contributed by atoms with Gasteiger partial charge in [-0.3, -0.25) is 0 Å². The molecular weight excluding hydrogens is 248 g/mol. The van der Waals surface area contributed by atoms with Gasteiger partial charge in [-0.2, -0.15) is 0 Å². The van der Waals surface area contributed by atoms with E-state index in [0.717, 1.165) is 17.8 Å². The molecule has 2 rings (SSSR count). The Bertz CT molecular complexity index is 199. The highest BCUT2D eigenvalue weighted by Gasteiger charge is 2.42. The summed E-state index contributed by atoms with van der Waals surface area (Å²) in [7, 11) is 0. The van der Waals surface area contributed by atoms with E-state index in [4.69, 9.17) is 0 Å². The monoisotopic (exact) mass is 272 g/mol. The van der Waals surface area contributed by atoms with Crippen molar-refractivity contribution in [2.24, 2.45) is 23.2 Å². The second kappa shape index (κ2) is 4.77. The summed E-state index contributed by atoms with van der Waals surface area (Å²) >= 11 is 3.75. The molecule has 0 N–H and O–H groups in total. The Hall–Kier alpha value is 0.480. The Kier molecular flexibility index (Phi) is 3.80. The molecule has 0 aromatic rings. The van der Waals surface area contributed by atoms with Crippen LogP contribution in [-0.4, -0.2) is 5.33 Å². The van der Waals surface area contributed by atoms with E-state index < -0.39 is 0 Å². The van der Waals surface area contributed by atoms with E-state index in [9.17, 15) is 0 Å². The summed E-state index contributed by atoms with van der Waals surface area (Å²) < 4.78 is 0. The van der Waals surface area contributed by atoms with Crippen LogP contribution in [0.5, 0.6) is 0 Å². The van der Waals surface area contributed by atoms with Gasteiger partial charge in [0.25, 0.3) is 0 Å². The van der Waals surface area contributed by atoms with Crippen molar-refractivity contribution in [3.63, 3.8) is 0 Å². The molecule has 0 saturated heterocycles. The van der Waals surface area contributed by atoms with Gasteiger partial charge in [0.2, 0.25) is 0 Å². The predicted octanol–water partition coefficient (Wildman–Crippen LogP) is 5.01. The molecule has 2 aliphatic rings. The molecule has 15 heavy (non-hydrogen) atoms. The average Bonchev–Trinajstić information content (AvgIpc) is 2.88. The average molecular weight is 273 g/mol. The van der Waals surface area contributed by atoms with E-state index in [1.54, 1.807) is 25.7 Å². The summed E-state index contributed by atoms with van der Waals surface area (Å²) in [6, 6.07) is 0. The van der Waals surface area contributed by atoms with Crippen LogP contribution < -0.4 is 0 Å². The number of fused-ring (bicyclic) bond motifs is 2. The fourth-order valence-corrected chi connectivity index (χ4v) is 4.99. The summed E-state index contributed by atoms with van der Waals surface area (Å²) in [5.74, 6) is 3.29. The lowest BCUT2D eigenvalue weighted by molar-refractivity contribution is 0.184. The summed E-state index contributed by atoms with van der Waals surface area (Å²) in [4.78, 5) is 0. The second-order valence-corrected chi connectivity index (χ2v) is 6.54. The minimum absolute atomic E-state index is 0.606. The van der Waals surface area contributed by atoms with Gasteiger partial charge in [0.1, 0.15) is 0 Å². The molecule has 2 saturated carbocycles. The lowest BCUT2D eigenvalue weighted by Gasteiger charge is -2.35. The number of hydrogen-bond acceptors (Lipinski definition) is 0. The number of alkyl halides is 1.